The van der Waals surface area contributed by atoms with Gasteiger partial charge in [-0.3, -0.25) is 9.59 Å². The smallest absolute Gasteiger partial charge is 0.306 e. The maximum absolute atomic E-state index is 13.6. The number of benzene rings is 1. The minimum atomic E-state index is -1.69. The SMILES string of the molecule is COCc1cc(=O)c(O)c([C@@H](CC(=O)OC)c2cc(F)c(F)c(F)c2)o1. The van der Waals surface area contributed by atoms with Crippen molar-refractivity contribution in [3.05, 3.63) is 63.0 Å². The summed E-state index contributed by atoms with van der Waals surface area (Å²) in [5.74, 6) is -8.03. The van der Waals surface area contributed by atoms with Crippen LogP contribution in [-0.4, -0.2) is 25.3 Å². The minimum absolute atomic E-state index is 0.0169. The van der Waals surface area contributed by atoms with E-state index < -0.39 is 52.7 Å². The van der Waals surface area contributed by atoms with E-state index in [0.29, 0.717) is 12.1 Å². The van der Waals surface area contributed by atoms with Gasteiger partial charge in [-0.1, -0.05) is 0 Å². The zero-order valence-electron chi connectivity index (χ0n) is 13.8. The molecule has 0 spiro atoms. The highest BCUT2D eigenvalue weighted by Crippen LogP contribution is 2.34. The highest BCUT2D eigenvalue weighted by molar-refractivity contribution is 5.71. The molecule has 2 aromatic rings. The fourth-order valence-electron chi connectivity index (χ4n) is 2.39. The number of ether oxygens (including phenoxy) is 2. The van der Waals surface area contributed by atoms with Crippen molar-refractivity contribution >= 4 is 5.97 Å². The number of hydrogen-bond acceptors (Lipinski definition) is 6. The van der Waals surface area contributed by atoms with Crippen LogP contribution in [0.5, 0.6) is 5.75 Å². The number of carbonyl (C=O) groups is 1. The molecule has 1 aromatic carbocycles. The Morgan fingerprint density at radius 2 is 1.81 bits per heavy atom. The molecule has 0 saturated carbocycles. The molecule has 0 fully saturated rings. The summed E-state index contributed by atoms with van der Waals surface area (Å²) in [6.45, 7) is -0.125. The minimum Gasteiger partial charge on any atom is -0.502 e. The predicted octanol–water partition coefficient (Wildman–Crippen LogP) is 2.60. The Kier molecular flexibility index (Phi) is 6.04. The molecule has 0 amide bonds. The quantitative estimate of drug-likeness (QED) is 0.620. The van der Waals surface area contributed by atoms with Crippen molar-refractivity contribution in [1.82, 2.24) is 0 Å². The van der Waals surface area contributed by atoms with E-state index in [1.54, 1.807) is 0 Å². The van der Waals surface area contributed by atoms with E-state index in [4.69, 9.17) is 9.15 Å². The van der Waals surface area contributed by atoms with Crippen molar-refractivity contribution in [2.45, 2.75) is 18.9 Å². The molecule has 0 aliphatic carbocycles. The van der Waals surface area contributed by atoms with Gasteiger partial charge in [-0.05, 0) is 17.7 Å². The molecule has 2 rings (SSSR count). The lowest BCUT2D eigenvalue weighted by molar-refractivity contribution is -0.140. The van der Waals surface area contributed by atoms with E-state index in [1.807, 2.05) is 0 Å². The third-order valence-corrected chi connectivity index (χ3v) is 3.61. The first-order valence-corrected chi connectivity index (χ1v) is 7.34. The van der Waals surface area contributed by atoms with Gasteiger partial charge >= 0.3 is 5.97 Å². The zero-order valence-corrected chi connectivity index (χ0v) is 13.8. The van der Waals surface area contributed by atoms with Crippen molar-refractivity contribution in [2.75, 3.05) is 14.2 Å². The Hall–Kier alpha value is -2.81. The van der Waals surface area contributed by atoms with Crippen LogP contribution in [0.3, 0.4) is 0 Å². The number of carbonyl (C=O) groups excluding carboxylic acids is 1. The normalized spacial score (nSPS) is 12.0. The third-order valence-electron chi connectivity index (χ3n) is 3.61. The summed E-state index contributed by atoms with van der Waals surface area (Å²) in [5, 5.41) is 10.0. The summed E-state index contributed by atoms with van der Waals surface area (Å²) in [7, 11) is 2.42. The van der Waals surface area contributed by atoms with Crippen LogP contribution in [0.25, 0.3) is 0 Å². The number of halogens is 3. The molecule has 1 heterocycles. The van der Waals surface area contributed by atoms with E-state index in [2.05, 4.69) is 4.74 Å². The first kappa shape index (κ1) is 19.5. The van der Waals surface area contributed by atoms with Crippen LogP contribution in [-0.2, 0) is 20.9 Å². The standard InChI is InChI=1S/C17H15F3O6/c1-24-7-9-5-13(21)16(23)17(26-9)10(6-14(22)25-2)8-3-11(18)15(20)12(19)4-8/h3-5,10,23H,6-7H2,1-2H3/t10-/m0/s1. The third kappa shape index (κ3) is 4.05. The first-order valence-electron chi connectivity index (χ1n) is 7.34. The first-order chi connectivity index (χ1) is 12.3. The van der Waals surface area contributed by atoms with Crippen molar-refractivity contribution in [3.8, 4) is 5.75 Å². The number of methoxy groups -OCH3 is 2. The molecule has 0 unspecified atom stereocenters. The van der Waals surface area contributed by atoms with E-state index >= 15 is 0 Å². The Balaban J connectivity index is 2.66. The van der Waals surface area contributed by atoms with Gasteiger partial charge in [0.1, 0.15) is 12.4 Å². The maximum atomic E-state index is 13.6. The van der Waals surface area contributed by atoms with Crippen LogP contribution in [0.1, 0.15) is 29.4 Å². The average Bonchev–Trinajstić information content (AvgIpc) is 2.60. The Labute approximate surface area is 145 Å². The van der Waals surface area contributed by atoms with E-state index in [9.17, 15) is 27.9 Å². The molecule has 0 radical (unpaired) electrons. The van der Waals surface area contributed by atoms with Gasteiger partial charge in [0.2, 0.25) is 11.2 Å². The van der Waals surface area contributed by atoms with Crippen LogP contribution in [0.15, 0.2) is 27.4 Å². The summed E-state index contributed by atoms with van der Waals surface area (Å²) >= 11 is 0. The van der Waals surface area contributed by atoms with Crippen molar-refractivity contribution in [1.29, 1.82) is 0 Å². The molecule has 1 aromatic heterocycles. The molecule has 1 atom stereocenters. The van der Waals surface area contributed by atoms with Gasteiger partial charge in [0, 0.05) is 13.2 Å². The number of hydrogen-bond donors (Lipinski definition) is 1. The van der Waals surface area contributed by atoms with Crippen molar-refractivity contribution in [2.24, 2.45) is 0 Å². The van der Waals surface area contributed by atoms with Crippen LogP contribution >= 0.6 is 0 Å². The predicted molar refractivity (Wildman–Crippen MR) is 82.1 cm³/mol. The van der Waals surface area contributed by atoms with Gasteiger partial charge in [0.25, 0.3) is 0 Å². The van der Waals surface area contributed by atoms with Crippen LogP contribution in [0, 0.1) is 17.5 Å². The summed E-state index contributed by atoms with van der Waals surface area (Å²) in [4.78, 5) is 23.6. The van der Waals surface area contributed by atoms with Gasteiger partial charge in [-0.25, -0.2) is 13.2 Å². The number of rotatable bonds is 6. The molecule has 0 saturated heterocycles. The fourth-order valence-corrected chi connectivity index (χ4v) is 2.39. The van der Waals surface area contributed by atoms with Gasteiger partial charge in [-0.15, -0.1) is 0 Å². The number of aromatic hydroxyl groups is 1. The van der Waals surface area contributed by atoms with Crippen molar-refractivity contribution in [3.63, 3.8) is 0 Å². The van der Waals surface area contributed by atoms with Gasteiger partial charge in [0.15, 0.2) is 23.2 Å². The van der Waals surface area contributed by atoms with Crippen molar-refractivity contribution < 1.29 is 37.0 Å². The summed E-state index contributed by atoms with van der Waals surface area (Å²) < 4.78 is 55.2. The second-order valence-electron chi connectivity index (χ2n) is 5.35. The molecule has 0 aliphatic heterocycles. The lowest BCUT2D eigenvalue weighted by Crippen LogP contribution is -2.15. The van der Waals surface area contributed by atoms with Crippen LogP contribution in [0.2, 0.25) is 0 Å². The summed E-state index contributed by atoms with van der Waals surface area (Å²) in [5.41, 5.74) is -1.06. The highest BCUT2D eigenvalue weighted by Gasteiger charge is 2.28. The van der Waals surface area contributed by atoms with E-state index in [-0.39, 0.29) is 17.9 Å². The van der Waals surface area contributed by atoms with Crippen LogP contribution < -0.4 is 5.43 Å². The average molecular weight is 372 g/mol. The second kappa shape index (κ2) is 8.05. The molecule has 140 valence electrons. The fraction of sp³-hybridized carbons (Fsp3) is 0.294. The lowest BCUT2D eigenvalue weighted by Gasteiger charge is -2.18. The van der Waals surface area contributed by atoms with E-state index in [0.717, 1.165) is 13.2 Å². The van der Waals surface area contributed by atoms with Crippen LogP contribution in [0.4, 0.5) is 13.2 Å². The largest absolute Gasteiger partial charge is 0.502 e. The molecular weight excluding hydrogens is 357 g/mol. The van der Waals surface area contributed by atoms with Gasteiger partial charge < -0.3 is 19.0 Å². The van der Waals surface area contributed by atoms with Gasteiger partial charge in [-0.2, -0.15) is 0 Å². The molecule has 0 aliphatic rings. The maximum Gasteiger partial charge on any atom is 0.306 e. The molecule has 6 nitrogen and oxygen atoms in total. The Bertz CT molecular complexity index is 854. The second-order valence-corrected chi connectivity index (χ2v) is 5.35. The lowest BCUT2D eigenvalue weighted by atomic mass is 9.92. The summed E-state index contributed by atoms with van der Waals surface area (Å²) in [6.07, 6.45) is -0.520. The van der Waals surface area contributed by atoms with Gasteiger partial charge in [0.05, 0.1) is 19.4 Å². The molecule has 9 heteroatoms. The monoisotopic (exact) mass is 372 g/mol. The molecule has 26 heavy (non-hydrogen) atoms. The molecule has 0 bridgehead atoms. The molecule has 1 N–H and O–H groups in total. The Morgan fingerprint density at radius 3 is 2.35 bits per heavy atom. The molecular formula is C17H15F3O6. The summed E-state index contributed by atoms with van der Waals surface area (Å²) in [6, 6.07) is 2.27. The number of esters is 1. The van der Waals surface area contributed by atoms with E-state index in [1.165, 1.54) is 7.11 Å². The topological polar surface area (TPSA) is 86.0 Å². The Morgan fingerprint density at radius 1 is 1.19 bits per heavy atom. The highest BCUT2D eigenvalue weighted by atomic mass is 19.2. The zero-order chi connectivity index (χ0) is 19.4.